The molecule has 3 aromatic carbocycles. The first kappa shape index (κ1) is 31.4. The van der Waals surface area contributed by atoms with Crippen LogP contribution in [0.15, 0.2) is 156 Å². The molecule has 5 heteroatoms. The summed E-state index contributed by atoms with van der Waals surface area (Å²) in [5.74, 6) is 0.898. The van der Waals surface area contributed by atoms with E-state index in [2.05, 4.69) is 130 Å². The van der Waals surface area contributed by atoms with Crippen LogP contribution in [0.4, 0.5) is 0 Å². The van der Waals surface area contributed by atoms with Crippen LogP contribution in [0.2, 0.25) is 0 Å². The summed E-state index contributed by atoms with van der Waals surface area (Å²) < 4.78 is 1.00. The quantitative estimate of drug-likeness (QED) is 0.183. The lowest BCUT2D eigenvalue weighted by Gasteiger charge is -2.34. The van der Waals surface area contributed by atoms with Crippen LogP contribution >= 0.6 is 15.9 Å². The largest absolute Gasteiger partial charge is 0.405 e. The number of allylic oxidation sites excluding steroid dienone is 8. The molecule has 0 fully saturated rings. The van der Waals surface area contributed by atoms with Crippen molar-refractivity contribution in [3.8, 4) is 11.1 Å². The Balaban J connectivity index is 1.61. The molecule has 0 saturated heterocycles. The molecular weight excluding hydrogens is 616 g/mol. The lowest BCUT2D eigenvalue weighted by atomic mass is 9.94. The van der Waals surface area contributed by atoms with Crippen LogP contribution < -0.4 is 5.73 Å². The molecule has 4 aromatic rings. The number of halogens is 1. The maximum Gasteiger partial charge on any atom is 0.137 e. The van der Waals surface area contributed by atoms with Gasteiger partial charge in [0.1, 0.15) is 5.84 Å². The van der Waals surface area contributed by atoms with Gasteiger partial charge < -0.3 is 10.6 Å². The van der Waals surface area contributed by atoms with Gasteiger partial charge in [-0.2, -0.15) is 0 Å². The van der Waals surface area contributed by atoms with E-state index in [4.69, 9.17) is 10.7 Å². The van der Waals surface area contributed by atoms with Gasteiger partial charge in [-0.3, -0.25) is 4.98 Å². The van der Waals surface area contributed by atoms with Gasteiger partial charge in [0, 0.05) is 29.5 Å². The van der Waals surface area contributed by atoms with Crippen molar-refractivity contribution in [2.45, 2.75) is 19.9 Å². The molecule has 2 heterocycles. The number of benzene rings is 3. The molecule has 0 amide bonds. The number of aliphatic imine (C=N–C) groups is 1. The van der Waals surface area contributed by atoms with E-state index in [1.54, 1.807) is 12.4 Å². The standard InChI is InChI=1S/C40H37BrN4/c1-5-9-29(10-6-2)30-12-16-32(17-13-30)38-26-39(36-23-35(24-37(41)25-36)28(7-3)20-21-42)45(4)40(44-38)33-18-14-31(15-19-33)34-11-8-22-43-27-34/h5-27,39H,1,42H2,2-4H3/b10-6-,21-20-,28-7+,29-9+. The van der Waals surface area contributed by atoms with Crippen molar-refractivity contribution in [3.63, 3.8) is 0 Å². The predicted molar refractivity (Wildman–Crippen MR) is 195 cm³/mol. The summed E-state index contributed by atoms with van der Waals surface area (Å²) in [6, 6.07) is 27.6. The minimum Gasteiger partial charge on any atom is -0.405 e. The van der Waals surface area contributed by atoms with Crippen molar-refractivity contribution in [1.29, 1.82) is 0 Å². The Labute approximate surface area is 275 Å². The first-order valence-electron chi connectivity index (χ1n) is 14.9. The zero-order valence-corrected chi connectivity index (χ0v) is 27.4. The third kappa shape index (κ3) is 7.22. The fraction of sp³-hybridized carbons (Fsp3) is 0.100. The molecule has 224 valence electrons. The molecule has 4 nitrogen and oxygen atoms in total. The lowest BCUT2D eigenvalue weighted by molar-refractivity contribution is 0.435. The number of hydrogen-bond acceptors (Lipinski definition) is 4. The van der Waals surface area contributed by atoms with Gasteiger partial charge in [-0.1, -0.05) is 107 Å². The minimum absolute atomic E-state index is 0.0689. The highest BCUT2D eigenvalue weighted by atomic mass is 79.9. The molecule has 1 aromatic heterocycles. The topological polar surface area (TPSA) is 54.5 Å². The van der Waals surface area contributed by atoms with E-state index in [1.165, 1.54) is 0 Å². The van der Waals surface area contributed by atoms with Gasteiger partial charge in [0.2, 0.25) is 0 Å². The zero-order chi connectivity index (χ0) is 31.8. The van der Waals surface area contributed by atoms with Crippen molar-refractivity contribution < 1.29 is 0 Å². The van der Waals surface area contributed by atoms with Crippen molar-refractivity contribution in [2.24, 2.45) is 10.7 Å². The smallest absolute Gasteiger partial charge is 0.137 e. The van der Waals surface area contributed by atoms with Gasteiger partial charge in [0.25, 0.3) is 0 Å². The van der Waals surface area contributed by atoms with Gasteiger partial charge in [0.05, 0.1) is 11.7 Å². The van der Waals surface area contributed by atoms with Crippen LogP contribution in [0.1, 0.15) is 47.7 Å². The molecule has 1 aliphatic heterocycles. The van der Waals surface area contributed by atoms with Crippen molar-refractivity contribution in [1.82, 2.24) is 9.88 Å². The van der Waals surface area contributed by atoms with Gasteiger partial charge >= 0.3 is 0 Å². The SMILES string of the molecule is C=C/C=C(\C=C/C)c1ccc(C2=CC(c3cc(Br)cc(C(/C=C\N)=C/C)c3)N(C)C(c3ccc(-c4cccnc4)cc3)=N2)cc1. The highest BCUT2D eigenvalue weighted by Crippen LogP contribution is 2.36. The third-order valence-electron chi connectivity index (χ3n) is 7.77. The minimum atomic E-state index is -0.0689. The van der Waals surface area contributed by atoms with Gasteiger partial charge in [0.15, 0.2) is 0 Å². The normalized spacial score (nSPS) is 15.8. The molecule has 1 atom stereocenters. The van der Waals surface area contributed by atoms with E-state index in [-0.39, 0.29) is 6.04 Å². The van der Waals surface area contributed by atoms with Crippen LogP contribution in [0.25, 0.3) is 28.0 Å². The Kier molecular flexibility index (Phi) is 10.2. The third-order valence-corrected chi connectivity index (χ3v) is 8.23. The molecule has 2 N–H and O–H groups in total. The first-order valence-corrected chi connectivity index (χ1v) is 15.7. The second-order valence-corrected chi connectivity index (χ2v) is 11.6. The van der Waals surface area contributed by atoms with E-state index in [1.807, 2.05) is 50.4 Å². The van der Waals surface area contributed by atoms with Crippen LogP contribution in [-0.2, 0) is 0 Å². The monoisotopic (exact) mass is 652 g/mol. The fourth-order valence-corrected chi connectivity index (χ4v) is 6.03. The van der Waals surface area contributed by atoms with Gasteiger partial charge in [-0.25, -0.2) is 4.99 Å². The number of amidine groups is 1. The number of nitrogens with two attached hydrogens (primary N) is 1. The highest BCUT2D eigenvalue weighted by Gasteiger charge is 2.26. The van der Waals surface area contributed by atoms with E-state index in [0.29, 0.717) is 0 Å². The second kappa shape index (κ2) is 14.7. The fourth-order valence-electron chi connectivity index (χ4n) is 5.52. The Morgan fingerprint density at radius 3 is 2.24 bits per heavy atom. The summed E-state index contributed by atoms with van der Waals surface area (Å²) in [5.41, 5.74) is 16.5. The first-order chi connectivity index (χ1) is 21.9. The van der Waals surface area contributed by atoms with Crippen LogP contribution in [0, 0.1) is 0 Å². The number of likely N-dealkylation sites (N-methyl/N-ethyl adjacent to an activating group) is 1. The van der Waals surface area contributed by atoms with Gasteiger partial charge in [-0.15, -0.1) is 0 Å². The summed E-state index contributed by atoms with van der Waals surface area (Å²) in [6.07, 6.45) is 19.5. The number of rotatable bonds is 9. The molecule has 0 bridgehead atoms. The summed E-state index contributed by atoms with van der Waals surface area (Å²) in [5, 5.41) is 0. The van der Waals surface area contributed by atoms with Crippen molar-refractivity contribution >= 4 is 38.6 Å². The summed E-state index contributed by atoms with van der Waals surface area (Å²) >= 11 is 3.77. The number of hydrogen-bond donors (Lipinski definition) is 1. The Morgan fingerprint density at radius 1 is 0.867 bits per heavy atom. The maximum atomic E-state index is 5.78. The molecular formula is C40H37BrN4. The van der Waals surface area contributed by atoms with E-state index in [0.717, 1.165) is 66.1 Å². The Bertz CT molecular complexity index is 1840. The van der Waals surface area contributed by atoms with Crippen LogP contribution in [0.5, 0.6) is 0 Å². The Hall–Kier alpha value is -5.00. The summed E-state index contributed by atoms with van der Waals surface area (Å²) in [6.45, 7) is 7.93. The average molecular weight is 654 g/mol. The molecule has 45 heavy (non-hydrogen) atoms. The number of pyridine rings is 1. The molecule has 0 radical (unpaired) electrons. The predicted octanol–water partition coefficient (Wildman–Crippen LogP) is 10.0. The van der Waals surface area contributed by atoms with E-state index < -0.39 is 0 Å². The van der Waals surface area contributed by atoms with E-state index in [9.17, 15) is 0 Å². The number of nitrogens with zero attached hydrogens (tertiary/aromatic N) is 3. The summed E-state index contributed by atoms with van der Waals surface area (Å²) in [7, 11) is 2.11. The summed E-state index contributed by atoms with van der Waals surface area (Å²) in [4.78, 5) is 11.8. The van der Waals surface area contributed by atoms with Gasteiger partial charge in [-0.05, 0) is 101 Å². The highest BCUT2D eigenvalue weighted by molar-refractivity contribution is 9.10. The van der Waals surface area contributed by atoms with Crippen molar-refractivity contribution in [3.05, 3.63) is 179 Å². The molecule has 0 spiro atoms. The molecule has 5 rings (SSSR count). The van der Waals surface area contributed by atoms with Crippen molar-refractivity contribution in [2.75, 3.05) is 7.05 Å². The number of aromatic nitrogens is 1. The molecule has 0 aliphatic carbocycles. The second-order valence-electron chi connectivity index (χ2n) is 10.7. The maximum absolute atomic E-state index is 5.78. The average Bonchev–Trinajstić information content (AvgIpc) is 3.07. The van der Waals surface area contributed by atoms with Crippen LogP contribution in [-0.4, -0.2) is 22.8 Å². The van der Waals surface area contributed by atoms with Crippen LogP contribution in [0.3, 0.4) is 0 Å². The van der Waals surface area contributed by atoms with E-state index >= 15 is 0 Å². The molecule has 0 saturated carbocycles. The molecule has 1 aliphatic rings. The molecule has 1 unspecified atom stereocenters. The Morgan fingerprint density at radius 2 is 1.60 bits per heavy atom. The lowest BCUT2D eigenvalue weighted by Crippen LogP contribution is -2.33. The zero-order valence-electron chi connectivity index (χ0n) is 25.9.